The van der Waals surface area contributed by atoms with Crippen molar-refractivity contribution in [3.8, 4) is 0 Å². The zero-order valence-corrected chi connectivity index (χ0v) is 12.1. The molecular weight excluding hydrogens is 230 g/mol. The van der Waals surface area contributed by atoms with Crippen LogP contribution in [0.3, 0.4) is 0 Å². The third-order valence-corrected chi connectivity index (χ3v) is 3.01. The minimum absolute atomic E-state index is 0.377. The summed E-state index contributed by atoms with van der Waals surface area (Å²) in [4.78, 5) is 7.24. The van der Waals surface area contributed by atoms with Crippen LogP contribution < -0.4 is 10.6 Å². The van der Waals surface area contributed by atoms with Crippen LogP contribution in [0.2, 0.25) is 0 Å². The first-order chi connectivity index (χ1) is 7.88. The van der Waals surface area contributed by atoms with Crippen LogP contribution in [0.25, 0.3) is 0 Å². The molecule has 0 bridgehead atoms. The summed E-state index contributed by atoms with van der Waals surface area (Å²) in [6, 6.07) is 2.40. The molecule has 2 N–H and O–H groups in total. The lowest BCUT2D eigenvalue weighted by atomic mass is 10.1. The fourth-order valence-electron chi connectivity index (χ4n) is 2.09. The second-order valence-electron chi connectivity index (χ2n) is 4.52. The van der Waals surface area contributed by atoms with Gasteiger partial charge >= 0.3 is 0 Å². The van der Waals surface area contributed by atoms with Crippen molar-refractivity contribution in [2.24, 2.45) is 5.73 Å². The van der Waals surface area contributed by atoms with Crippen LogP contribution >= 0.6 is 12.2 Å². The number of anilines is 1. The molecule has 0 spiro atoms. The number of hydrogen-bond donors (Lipinski definition) is 1. The minimum Gasteiger partial charge on any atom is -0.389 e. The molecule has 0 atom stereocenters. The zero-order chi connectivity index (χ0) is 13.2. The van der Waals surface area contributed by atoms with Crippen molar-refractivity contribution < 1.29 is 0 Å². The molecule has 0 saturated carbocycles. The van der Waals surface area contributed by atoms with Gasteiger partial charge in [0.15, 0.2) is 0 Å². The molecule has 0 aliphatic carbocycles. The molecule has 0 saturated heterocycles. The Labute approximate surface area is 109 Å². The number of hydrogen-bond acceptors (Lipinski definition) is 3. The van der Waals surface area contributed by atoms with Crippen LogP contribution in [-0.2, 0) is 0 Å². The first kappa shape index (κ1) is 13.9. The van der Waals surface area contributed by atoms with Crippen LogP contribution in [-0.4, -0.2) is 22.6 Å². The van der Waals surface area contributed by atoms with Crippen LogP contribution in [0, 0.1) is 13.8 Å². The molecule has 0 unspecified atom stereocenters. The van der Waals surface area contributed by atoms with E-state index >= 15 is 0 Å². The first-order valence-electron chi connectivity index (χ1n) is 5.93. The summed E-state index contributed by atoms with van der Waals surface area (Å²) >= 11 is 5.15. The number of aryl methyl sites for hydroxylation is 2. The molecule has 0 aliphatic rings. The summed E-state index contributed by atoms with van der Waals surface area (Å²) < 4.78 is 0. The van der Waals surface area contributed by atoms with Gasteiger partial charge in [0.25, 0.3) is 0 Å². The topological polar surface area (TPSA) is 42.2 Å². The second-order valence-corrected chi connectivity index (χ2v) is 4.96. The average molecular weight is 251 g/mol. The van der Waals surface area contributed by atoms with Crippen molar-refractivity contribution in [1.29, 1.82) is 0 Å². The zero-order valence-electron chi connectivity index (χ0n) is 11.2. The van der Waals surface area contributed by atoms with E-state index in [-0.39, 0.29) is 0 Å². The highest BCUT2D eigenvalue weighted by atomic mass is 32.1. The number of rotatable bonds is 4. The van der Waals surface area contributed by atoms with E-state index in [1.165, 1.54) is 0 Å². The molecule has 0 amide bonds. The van der Waals surface area contributed by atoms with Crippen molar-refractivity contribution in [1.82, 2.24) is 4.98 Å². The lowest BCUT2D eigenvalue weighted by Gasteiger charge is -2.29. The molecule has 1 rings (SSSR count). The Morgan fingerprint density at radius 1 is 1.47 bits per heavy atom. The van der Waals surface area contributed by atoms with Crippen molar-refractivity contribution in [2.45, 2.75) is 40.7 Å². The van der Waals surface area contributed by atoms with Crippen molar-refractivity contribution in [2.75, 3.05) is 11.4 Å². The maximum Gasteiger partial charge on any atom is 0.139 e. The third-order valence-electron chi connectivity index (χ3n) is 2.81. The summed E-state index contributed by atoms with van der Waals surface area (Å²) in [5.41, 5.74) is 8.82. The summed E-state index contributed by atoms with van der Waals surface area (Å²) in [5, 5.41) is 0. The van der Waals surface area contributed by atoms with Gasteiger partial charge in [-0.05, 0) is 46.2 Å². The van der Waals surface area contributed by atoms with Crippen molar-refractivity contribution in [3.05, 3.63) is 22.9 Å². The van der Waals surface area contributed by atoms with Gasteiger partial charge in [0.1, 0.15) is 10.8 Å². The first-order valence-corrected chi connectivity index (χ1v) is 6.34. The molecule has 1 aromatic heterocycles. The molecule has 17 heavy (non-hydrogen) atoms. The molecule has 94 valence electrons. The highest BCUT2D eigenvalue weighted by Crippen LogP contribution is 2.24. The van der Waals surface area contributed by atoms with Crippen LogP contribution in [0.15, 0.2) is 6.07 Å². The summed E-state index contributed by atoms with van der Waals surface area (Å²) in [6.45, 7) is 11.3. The van der Waals surface area contributed by atoms with Gasteiger partial charge in [-0.1, -0.05) is 12.2 Å². The monoisotopic (exact) mass is 251 g/mol. The molecule has 0 aliphatic heterocycles. The molecule has 0 radical (unpaired) electrons. The lowest BCUT2D eigenvalue weighted by molar-refractivity contribution is 0.691. The Morgan fingerprint density at radius 2 is 2.06 bits per heavy atom. The van der Waals surface area contributed by atoms with Gasteiger partial charge in [0, 0.05) is 18.3 Å². The molecule has 3 nitrogen and oxygen atoms in total. The maximum absolute atomic E-state index is 5.82. The van der Waals surface area contributed by atoms with Gasteiger partial charge in [-0.15, -0.1) is 0 Å². The smallest absolute Gasteiger partial charge is 0.139 e. The highest BCUT2D eigenvalue weighted by Gasteiger charge is 2.18. The summed E-state index contributed by atoms with van der Waals surface area (Å²) in [6.07, 6.45) is 0. The number of nitrogens with zero attached hydrogens (tertiary/aromatic N) is 2. The van der Waals surface area contributed by atoms with Gasteiger partial charge in [-0.3, -0.25) is 0 Å². The predicted octanol–water partition coefficient (Wildman–Crippen LogP) is 2.57. The molecule has 1 aromatic rings. The third kappa shape index (κ3) is 2.94. The maximum atomic E-state index is 5.82. The standard InChI is InChI=1S/C13H21N3S/c1-6-16(8(2)3)13-11(12(14)17)9(4)7-10(5)15-13/h7-8H,6H2,1-5H3,(H2,14,17). The van der Waals surface area contributed by atoms with Crippen LogP contribution in [0.5, 0.6) is 0 Å². The Morgan fingerprint density at radius 3 is 2.47 bits per heavy atom. The summed E-state index contributed by atoms with van der Waals surface area (Å²) in [5.74, 6) is 0.910. The quantitative estimate of drug-likeness (QED) is 0.835. The molecular formula is C13H21N3S. The second kappa shape index (κ2) is 5.45. The fourth-order valence-corrected chi connectivity index (χ4v) is 2.34. The van der Waals surface area contributed by atoms with Gasteiger partial charge in [-0.25, -0.2) is 4.98 Å². The Hall–Kier alpha value is -1.16. The van der Waals surface area contributed by atoms with E-state index in [9.17, 15) is 0 Å². The highest BCUT2D eigenvalue weighted by molar-refractivity contribution is 7.80. The van der Waals surface area contributed by atoms with E-state index in [2.05, 4.69) is 30.7 Å². The average Bonchev–Trinajstić information content (AvgIpc) is 2.15. The van der Waals surface area contributed by atoms with Gasteiger partial charge < -0.3 is 10.6 Å². The van der Waals surface area contributed by atoms with Gasteiger partial charge in [-0.2, -0.15) is 0 Å². The molecule has 0 aromatic carbocycles. The van der Waals surface area contributed by atoms with Crippen LogP contribution in [0.4, 0.5) is 5.82 Å². The van der Waals surface area contributed by atoms with E-state index in [0.29, 0.717) is 11.0 Å². The molecule has 1 heterocycles. The number of thiocarbonyl (C=S) groups is 1. The van der Waals surface area contributed by atoms with Gasteiger partial charge in [0.2, 0.25) is 0 Å². The predicted molar refractivity (Wildman–Crippen MR) is 77.8 cm³/mol. The fraction of sp³-hybridized carbons (Fsp3) is 0.538. The molecule has 4 heteroatoms. The van der Waals surface area contributed by atoms with Gasteiger partial charge in [0.05, 0.1) is 5.56 Å². The summed E-state index contributed by atoms with van der Waals surface area (Å²) in [7, 11) is 0. The largest absolute Gasteiger partial charge is 0.389 e. The van der Waals surface area contributed by atoms with E-state index in [1.807, 2.05) is 19.9 Å². The Balaban J connectivity index is 3.43. The van der Waals surface area contributed by atoms with Crippen molar-refractivity contribution >= 4 is 23.0 Å². The van der Waals surface area contributed by atoms with Crippen LogP contribution in [0.1, 0.15) is 37.6 Å². The normalized spacial score (nSPS) is 10.7. The number of aromatic nitrogens is 1. The number of nitrogens with two attached hydrogens (primary N) is 1. The Bertz CT molecular complexity index is 427. The van der Waals surface area contributed by atoms with Crippen molar-refractivity contribution in [3.63, 3.8) is 0 Å². The van der Waals surface area contributed by atoms with E-state index in [0.717, 1.165) is 29.2 Å². The van der Waals surface area contributed by atoms with E-state index in [1.54, 1.807) is 0 Å². The van der Waals surface area contributed by atoms with E-state index < -0.39 is 0 Å². The SMILES string of the molecule is CCN(c1nc(C)cc(C)c1C(N)=S)C(C)C. The molecule has 0 fully saturated rings. The Kier molecular flexibility index (Phi) is 4.46. The number of pyridine rings is 1. The van der Waals surface area contributed by atoms with E-state index in [4.69, 9.17) is 18.0 Å². The lowest BCUT2D eigenvalue weighted by Crippen LogP contribution is -2.33. The minimum atomic E-state index is 0.377.